The molecule has 0 saturated carbocycles. The summed E-state index contributed by atoms with van der Waals surface area (Å²) in [5.41, 5.74) is 4.02. The van der Waals surface area contributed by atoms with Gasteiger partial charge < -0.3 is 19.1 Å². The Morgan fingerprint density at radius 2 is 1.71 bits per heavy atom. The third kappa shape index (κ3) is 6.19. The molecule has 0 amide bonds. The van der Waals surface area contributed by atoms with Gasteiger partial charge in [0, 0.05) is 11.1 Å². The Hall–Kier alpha value is -2.51. The average Bonchev–Trinajstić information content (AvgIpc) is 3.51. The number of thioether (sulfide) groups is 1. The molecule has 5 rings (SSSR count). The van der Waals surface area contributed by atoms with E-state index in [1.807, 2.05) is 78.5 Å². The van der Waals surface area contributed by atoms with Gasteiger partial charge in [0.25, 0.3) is 0 Å². The Kier molecular flexibility index (Phi) is 8.74. The summed E-state index contributed by atoms with van der Waals surface area (Å²) in [6, 6.07) is 27.9. The third-order valence-corrected chi connectivity index (χ3v) is 7.35. The number of carboxylic acids is 1. The number of oxazole rings is 1. The van der Waals surface area contributed by atoms with Crippen molar-refractivity contribution >= 4 is 17.7 Å². The van der Waals surface area contributed by atoms with Crippen LogP contribution in [0.4, 0.5) is 0 Å². The van der Waals surface area contributed by atoms with Crippen LogP contribution in [0.15, 0.2) is 89.3 Å². The van der Waals surface area contributed by atoms with Gasteiger partial charge in [-0.15, -0.1) is 11.8 Å². The standard InChI is InChI=1S/C28H25NO4S.Na/c30-24(31)18-32-23-13-7-8-19(17-23)16-22-14-15-34-27(22)28-29-25(20-9-3-1-4-10-20)26(33-28)21-11-5-2-6-12-21;/h1-13,17,22,27H,14-16,18H2,(H,30,31);/q;+1/p-1. The first kappa shape index (κ1) is 25.6. The van der Waals surface area contributed by atoms with Gasteiger partial charge in [0.15, 0.2) is 5.76 Å². The van der Waals surface area contributed by atoms with Gasteiger partial charge in [-0.25, -0.2) is 4.98 Å². The maximum absolute atomic E-state index is 10.7. The van der Waals surface area contributed by atoms with E-state index >= 15 is 0 Å². The van der Waals surface area contributed by atoms with Gasteiger partial charge in [0.05, 0.1) is 11.2 Å². The molecule has 0 radical (unpaired) electrons. The summed E-state index contributed by atoms with van der Waals surface area (Å²) >= 11 is 1.88. The Labute approximate surface area is 231 Å². The van der Waals surface area contributed by atoms with E-state index in [0.717, 1.165) is 52.6 Å². The first-order valence-corrected chi connectivity index (χ1v) is 12.4. The minimum absolute atomic E-state index is 0. The maximum Gasteiger partial charge on any atom is 1.00 e. The molecule has 1 aromatic heterocycles. The van der Waals surface area contributed by atoms with E-state index < -0.39 is 12.6 Å². The van der Waals surface area contributed by atoms with Crippen molar-refractivity contribution in [2.24, 2.45) is 5.92 Å². The Morgan fingerprint density at radius 1 is 1.00 bits per heavy atom. The van der Waals surface area contributed by atoms with Crippen LogP contribution < -0.4 is 39.4 Å². The number of benzene rings is 3. The summed E-state index contributed by atoms with van der Waals surface area (Å²) in [5, 5.41) is 10.9. The SMILES string of the molecule is O=C([O-])COc1cccc(CC2CCSC2c2nc(-c3ccccc3)c(-c3ccccc3)o2)c1.[Na+]. The van der Waals surface area contributed by atoms with Crippen molar-refractivity contribution in [1.29, 1.82) is 0 Å². The van der Waals surface area contributed by atoms with E-state index in [9.17, 15) is 9.90 Å². The van der Waals surface area contributed by atoms with E-state index in [4.69, 9.17) is 14.1 Å². The first-order chi connectivity index (χ1) is 16.7. The van der Waals surface area contributed by atoms with Crippen LogP contribution in [0.5, 0.6) is 5.75 Å². The molecule has 2 unspecified atom stereocenters. The quantitative estimate of drug-likeness (QED) is 0.351. The molecule has 0 spiro atoms. The number of carbonyl (C=O) groups is 1. The molecule has 4 aromatic rings. The number of hydrogen-bond donors (Lipinski definition) is 0. The van der Waals surface area contributed by atoms with Crippen LogP contribution in [0.3, 0.4) is 0 Å². The molecule has 172 valence electrons. The zero-order valence-corrected chi connectivity index (χ0v) is 22.4. The van der Waals surface area contributed by atoms with Crippen molar-refractivity contribution in [3.05, 3.63) is 96.4 Å². The van der Waals surface area contributed by atoms with Crippen molar-refractivity contribution in [2.75, 3.05) is 12.4 Å². The van der Waals surface area contributed by atoms with E-state index in [1.54, 1.807) is 6.07 Å². The van der Waals surface area contributed by atoms with Gasteiger partial charge in [-0.2, -0.15) is 0 Å². The first-order valence-electron chi connectivity index (χ1n) is 11.3. The number of carbonyl (C=O) groups excluding carboxylic acids is 1. The molecule has 0 N–H and O–H groups in total. The number of aromatic nitrogens is 1. The molecule has 7 heteroatoms. The summed E-state index contributed by atoms with van der Waals surface area (Å²) in [4.78, 5) is 15.7. The summed E-state index contributed by atoms with van der Waals surface area (Å²) in [6.07, 6.45) is 1.90. The fourth-order valence-corrected chi connectivity index (χ4v) is 5.80. The predicted molar refractivity (Wildman–Crippen MR) is 131 cm³/mol. The zero-order chi connectivity index (χ0) is 23.3. The molecule has 1 aliphatic heterocycles. The summed E-state index contributed by atoms with van der Waals surface area (Å²) < 4.78 is 11.8. The molecular formula is C28H24NNaO4S. The minimum atomic E-state index is -1.23. The average molecular weight is 494 g/mol. The topological polar surface area (TPSA) is 75.4 Å². The molecule has 1 saturated heterocycles. The number of carboxylic acid groups (broad SMARTS) is 1. The molecule has 1 fully saturated rings. The zero-order valence-electron chi connectivity index (χ0n) is 19.6. The van der Waals surface area contributed by atoms with Crippen molar-refractivity contribution in [3.63, 3.8) is 0 Å². The minimum Gasteiger partial charge on any atom is -0.546 e. The smallest absolute Gasteiger partial charge is 0.546 e. The molecule has 3 aromatic carbocycles. The van der Waals surface area contributed by atoms with Gasteiger partial charge in [0.2, 0.25) is 5.89 Å². The number of aliphatic carboxylic acids is 1. The van der Waals surface area contributed by atoms with Crippen LogP contribution >= 0.6 is 11.8 Å². The van der Waals surface area contributed by atoms with Crippen molar-refractivity contribution in [1.82, 2.24) is 4.98 Å². The number of nitrogens with zero attached hydrogens (tertiary/aromatic N) is 1. The van der Waals surface area contributed by atoms with Crippen LogP contribution in [0, 0.1) is 5.92 Å². The van der Waals surface area contributed by atoms with Crippen molar-refractivity contribution in [3.8, 4) is 28.3 Å². The summed E-state index contributed by atoms with van der Waals surface area (Å²) in [7, 11) is 0. The normalized spacial score (nSPS) is 17.0. The van der Waals surface area contributed by atoms with Crippen LogP contribution in [0.2, 0.25) is 0 Å². The van der Waals surface area contributed by atoms with Crippen molar-refractivity contribution < 1.29 is 48.6 Å². The van der Waals surface area contributed by atoms with E-state index in [2.05, 4.69) is 12.1 Å². The number of rotatable bonds is 8. The van der Waals surface area contributed by atoms with Crippen LogP contribution in [-0.4, -0.2) is 23.3 Å². The largest absolute Gasteiger partial charge is 1.00 e. The van der Waals surface area contributed by atoms with Crippen LogP contribution in [-0.2, 0) is 11.2 Å². The monoisotopic (exact) mass is 493 g/mol. The summed E-state index contributed by atoms with van der Waals surface area (Å²) in [5.74, 6) is 2.26. The van der Waals surface area contributed by atoms with E-state index in [-0.39, 0.29) is 34.8 Å². The molecule has 2 heterocycles. The van der Waals surface area contributed by atoms with Crippen molar-refractivity contribution in [2.45, 2.75) is 18.1 Å². The molecule has 0 aliphatic carbocycles. The van der Waals surface area contributed by atoms with Gasteiger partial charge in [-0.05, 0) is 42.2 Å². The van der Waals surface area contributed by atoms with Gasteiger partial charge in [-0.1, -0.05) is 72.8 Å². The molecule has 2 atom stereocenters. The molecule has 5 nitrogen and oxygen atoms in total. The third-order valence-electron chi connectivity index (χ3n) is 5.94. The maximum atomic E-state index is 10.7. The Balaban J connectivity index is 0.00000289. The number of ether oxygens (including phenoxy) is 1. The fraction of sp³-hybridized carbons (Fsp3) is 0.214. The second-order valence-electron chi connectivity index (χ2n) is 8.31. The van der Waals surface area contributed by atoms with Gasteiger partial charge in [0.1, 0.15) is 18.1 Å². The second kappa shape index (κ2) is 12.0. The van der Waals surface area contributed by atoms with Gasteiger partial charge in [-0.3, -0.25) is 0 Å². The van der Waals surface area contributed by atoms with E-state index in [1.165, 1.54) is 0 Å². The van der Waals surface area contributed by atoms with Gasteiger partial charge >= 0.3 is 29.6 Å². The van der Waals surface area contributed by atoms with Crippen LogP contribution in [0.25, 0.3) is 22.6 Å². The Morgan fingerprint density at radius 3 is 2.43 bits per heavy atom. The Bertz CT molecular complexity index is 1210. The molecule has 35 heavy (non-hydrogen) atoms. The molecule has 0 bridgehead atoms. The van der Waals surface area contributed by atoms with Crippen LogP contribution in [0.1, 0.15) is 23.1 Å². The molecule has 1 aliphatic rings. The predicted octanol–water partition coefficient (Wildman–Crippen LogP) is 2.18. The van der Waals surface area contributed by atoms with E-state index in [0.29, 0.717) is 11.7 Å². The second-order valence-corrected chi connectivity index (χ2v) is 9.56. The summed E-state index contributed by atoms with van der Waals surface area (Å²) in [6.45, 7) is -0.452. The number of hydrogen-bond acceptors (Lipinski definition) is 6. The molecular weight excluding hydrogens is 469 g/mol. The fourth-order valence-electron chi connectivity index (χ4n) is 4.36.